The summed E-state index contributed by atoms with van der Waals surface area (Å²) in [6.07, 6.45) is 0. The Kier molecular flexibility index (Phi) is 6.89. The van der Waals surface area contributed by atoms with E-state index in [0.29, 0.717) is 47.5 Å². The zero-order valence-corrected chi connectivity index (χ0v) is 18.4. The molecule has 154 valence electrons. The van der Waals surface area contributed by atoms with E-state index in [1.54, 1.807) is 29.9 Å². The maximum Gasteiger partial charge on any atom is 0.336 e. The van der Waals surface area contributed by atoms with Gasteiger partial charge >= 0.3 is 5.69 Å². The molecular formula is C21H24IN3O4. The quantitative estimate of drug-likeness (QED) is 0.313. The summed E-state index contributed by atoms with van der Waals surface area (Å²) in [6, 6.07) is 16.3. The number of morpholine rings is 1. The zero-order chi connectivity index (χ0) is 19.6. The first-order valence-electron chi connectivity index (χ1n) is 9.45. The van der Waals surface area contributed by atoms with E-state index >= 15 is 0 Å². The van der Waals surface area contributed by atoms with Crippen LogP contribution >= 0.6 is 0 Å². The van der Waals surface area contributed by atoms with Gasteiger partial charge in [0.1, 0.15) is 19.6 Å². The fraction of sp³-hybridized carbons (Fsp3) is 0.333. The molecule has 0 unspecified atom stereocenters. The number of hydrogen-bond donors (Lipinski definition) is 0. The van der Waals surface area contributed by atoms with Crippen molar-refractivity contribution in [2.24, 2.45) is 0 Å². The highest BCUT2D eigenvalue weighted by atomic mass is 127. The summed E-state index contributed by atoms with van der Waals surface area (Å²) < 4.78 is 8.82. The van der Waals surface area contributed by atoms with Gasteiger partial charge in [0, 0.05) is 0 Å². The van der Waals surface area contributed by atoms with E-state index in [0.717, 1.165) is 13.1 Å². The molecule has 1 fully saturated rings. The van der Waals surface area contributed by atoms with Gasteiger partial charge in [-0.05, 0) is 24.3 Å². The number of hydroxylamine groups is 3. The van der Waals surface area contributed by atoms with Crippen LogP contribution < -0.4 is 35.2 Å². The van der Waals surface area contributed by atoms with Crippen LogP contribution in [0.25, 0.3) is 16.6 Å². The first-order valence-corrected chi connectivity index (χ1v) is 9.45. The van der Waals surface area contributed by atoms with Crippen LogP contribution in [0, 0.1) is 0 Å². The topological polar surface area (TPSA) is 62.5 Å². The van der Waals surface area contributed by atoms with Crippen LogP contribution in [0.3, 0.4) is 0 Å². The third-order valence-electron chi connectivity index (χ3n) is 5.47. The minimum absolute atomic E-state index is 0. The standard InChI is InChI=1S/C21H24N3O4.HI/c1-27-24(13-15-28-16-14-24)12-11-22-19-10-6-5-9-18(19)20(25)23(21(22)26)17-7-3-2-4-8-17;/h2-10H,11-16H2,1H3;1H/q+1;/p-1. The van der Waals surface area contributed by atoms with Crippen LogP contribution in [0.4, 0.5) is 0 Å². The molecule has 0 aliphatic carbocycles. The van der Waals surface area contributed by atoms with E-state index in [1.165, 1.54) is 4.57 Å². The molecule has 1 aromatic heterocycles. The molecule has 0 saturated carbocycles. The van der Waals surface area contributed by atoms with Gasteiger partial charge in [0.15, 0.2) is 0 Å². The Labute approximate surface area is 185 Å². The number of rotatable bonds is 5. The van der Waals surface area contributed by atoms with Crippen LogP contribution in [0.2, 0.25) is 0 Å². The van der Waals surface area contributed by atoms with Gasteiger partial charge in [0.25, 0.3) is 5.56 Å². The Hall–Kier alpha value is -2.01. The molecule has 1 saturated heterocycles. The lowest BCUT2D eigenvalue weighted by molar-refractivity contribution is -1.11. The molecule has 0 N–H and O–H groups in total. The molecule has 29 heavy (non-hydrogen) atoms. The number of fused-ring (bicyclic) bond motifs is 1. The average molecular weight is 509 g/mol. The number of ether oxygens (including phenoxy) is 1. The number of quaternary nitrogens is 1. The smallest absolute Gasteiger partial charge is 0.336 e. The van der Waals surface area contributed by atoms with Crippen molar-refractivity contribution in [2.45, 2.75) is 6.54 Å². The van der Waals surface area contributed by atoms with E-state index in [2.05, 4.69) is 0 Å². The highest BCUT2D eigenvalue weighted by Crippen LogP contribution is 2.14. The van der Waals surface area contributed by atoms with Gasteiger partial charge in [-0.2, -0.15) is 4.65 Å². The number of hydrogen-bond acceptors (Lipinski definition) is 4. The fourth-order valence-electron chi connectivity index (χ4n) is 3.80. The van der Waals surface area contributed by atoms with Crippen LogP contribution in [0.15, 0.2) is 64.2 Å². The summed E-state index contributed by atoms with van der Waals surface area (Å²) in [5.74, 6) is 0. The first kappa shape index (κ1) is 21.7. The van der Waals surface area contributed by atoms with Crippen molar-refractivity contribution in [3.05, 3.63) is 75.4 Å². The first-order chi connectivity index (χ1) is 13.7. The molecule has 3 aromatic rings. The highest BCUT2D eigenvalue weighted by Gasteiger charge is 2.32. The summed E-state index contributed by atoms with van der Waals surface area (Å²) in [5, 5.41) is 0.525. The third-order valence-corrected chi connectivity index (χ3v) is 5.47. The highest BCUT2D eigenvalue weighted by molar-refractivity contribution is 5.78. The molecule has 2 heterocycles. The number of benzene rings is 2. The van der Waals surface area contributed by atoms with E-state index in [-0.39, 0.29) is 35.2 Å². The summed E-state index contributed by atoms with van der Waals surface area (Å²) in [6.45, 7) is 3.81. The normalized spacial score (nSPS) is 15.8. The van der Waals surface area contributed by atoms with Gasteiger partial charge in [-0.15, -0.1) is 0 Å². The predicted molar refractivity (Wildman–Crippen MR) is 106 cm³/mol. The lowest BCUT2D eigenvalue weighted by Gasteiger charge is -2.37. The molecule has 0 spiro atoms. The van der Waals surface area contributed by atoms with Crippen molar-refractivity contribution >= 4 is 10.9 Å². The van der Waals surface area contributed by atoms with Crippen LogP contribution in [0.1, 0.15) is 0 Å². The van der Waals surface area contributed by atoms with E-state index in [4.69, 9.17) is 9.57 Å². The van der Waals surface area contributed by atoms with Crippen molar-refractivity contribution in [1.82, 2.24) is 9.13 Å². The van der Waals surface area contributed by atoms with E-state index in [1.807, 2.05) is 36.4 Å². The van der Waals surface area contributed by atoms with Gasteiger partial charge in [-0.25, -0.2) is 14.2 Å². The molecule has 0 radical (unpaired) electrons. The molecule has 7 nitrogen and oxygen atoms in total. The third kappa shape index (κ3) is 4.16. The number of para-hydroxylation sites is 2. The second kappa shape index (κ2) is 9.21. The predicted octanol–water partition coefficient (Wildman–Crippen LogP) is -1.44. The number of halogens is 1. The van der Waals surface area contributed by atoms with Gasteiger partial charge in [0.05, 0.1) is 43.5 Å². The summed E-state index contributed by atoms with van der Waals surface area (Å²) >= 11 is 0. The molecule has 1 aliphatic rings. The second-order valence-electron chi connectivity index (χ2n) is 6.95. The fourth-order valence-corrected chi connectivity index (χ4v) is 3.80. The zero-order valence-electron chi connectivity index (χ0n) is 16.3. The minimum Gasteiger partial charge on any atom is -1.00 e. The van der Waals surface area contributed by atoms with Gasteiger partial charge < -0.3 is 28.7 Å². The Morgan fingerprint density at radius 1 is 1.00 bits per heavy atom. The Balaban J connectivity index is 0.00000240. The Morgan fingerprint density at radius 2 is 1.66 bits per heavy atom. The van der Waals surface area contributed by atoms with Crippen molar-refractivity contribution in [3.63, 3.8) is 0 Å². The molecule has 8 heteroatoms. The van der Waals surface area contributed by atoms with Crippen molar-refractivity contribution in [2.75, 3.05) is 40.0 Å². The molecule has 0 bridgehead atoms. The van der Waals surface area contributed by atoms with Crippen molar-refractivity contribution < 1.29 is 38.2 Å². The van der Waals surface area contributed by atoms with Crippen LogP contribution in [0.5, 0.6) is 0 Å². The SMILES string of the molecule is CO[N+]1(CCn2c(=O)n(-c3ccccc3)c(=O)c3ccccc32)CCOCC1.[I-]. The Morgan fingerprint density at radius 3 is 2.34 bits per heavy atom. The number of aromatic nitrogens is 2. The average Bonchev–Trinajstić information content (AvgIpc) is 2.75. The lowest BCUT2D eigenvalue weighted by atomic mass is 10.2. The van der Waals surface area contributed by atoms with Crippen molar-refractivity contribution in [3.8, 4) is 5.69 Å². The molecule has 4 rings (SSSR count). The van der Waals surface area contributed by atoms with E-state index < -0.39 is 0 Å². The van der Waals surface area contributed by atoms with Gasteiger partial charge in [-0.3, -0.25) is 9.36 Å². The minimum atomic E-state index is -0.336. The van der Waals surface area contributed by atoms with Crippen LogP contribution in [-0.4, -0.2) is 53.7 Å². The molecule has 0 atom stereocenters. The Bertz CT molecular complexity index is 1090. The lowest BCUT2D eigenvalue weighted by Crippen LogP contribution is -3.00. The summed E-state index contributed by atoms with van der Waals surface area (Å²) in [5.41, 5.74) is 0.577. The summed E-state index contributed by atoms with van der Waals surface area (Å²) in [7, 11) is 1.69. The molecule has 0 amide bonds. The largest absolute Gasteiger partial charge is 1.00 e. The van der Waals surface area contributed by atoms with Gasteiger partial charge in [0.2, 0.25) is 0 Å². The molecule has 1 aliphatic heterocycles. The van der Waals surface area contributed by atoms with Crippen LogP contribution in [-0.2, 0) is 16.1 Å². The molecular weight excluding hydrogens is 485 g/mol. The van der Waals surface area contributed by atoms with E-state index in [9.17, 15) is 9.59 Å². The second-order valence-corrected chi connectivity index (χ2v) is 6.95. The summed E-state index contributed by atoms with van der Waals surface area (Å²) in [4.78, 5) is 32.1. The maximum absolute atomic E-state index is 13.3. The maximum atomic E-state index is 13.3. The van der Waals surface area contributed by atoms with Crippen molar-refractivity contribution in [1.29, 1.82) is 0 Å². The monoisotopic (exact) mass is 509 g/mol. The molecule has 2 aromatic carbocycles. The number of nitrogens with zero attached hydrogens (tertiary/aromatic N) is 3. The van der Waals surface area contributed by atoms with Gasteiger partial charge in [-0.1, -0.05) is 30.3 Å².